The highest BCUT2D eigenvalue weighted by atomic mass is 16.5. The van der Waals surface area contributed by atoms with Gasteiger partial charge in [-0.3, -0.25) is 24.6 Å². The van der Waals surface area contributed by atoms with Crippen LogP contribution in [0.25, 0.3) is 0 Å². The van der Waals surface area contributed by atoms with Gasteiger partial charge in [0, 0.05) is 31.5 Å². The van der Waals surface area contributed by atoms with Crippen molar-refractivity contribution in [2.24, 2.45) is 17.3 Å². The van der Waals surface area contributed by atoms with Gasteiger partial charge in [0.2, 0.25) is 0 Å². The van der Waals surface area contributed by atoms with Gasteiger partial charge in [0.1, 0.15) is 23.9 Å². The van der Waals surface area contributed by atoms with Crippen LogP contribution in [0.2, 0.25) is 0 Å². The molecule has 10 heteroatoms. The standard InChI is InChI=1S/C29H40N6O4/c36-25(19-9-7-18(8-10-19)22-11-13-31-35(22)23-6-2-4-16-39-23)20-5-1-3-12-29(20)26(27(29)37)33-21-17-32-34-15-14-30-28(38)24(21)34/h7,11,17,19-20,23,26,28,30-31,33,38H,1-6,8-10,12-16H2/t19?,20-,23?,26?,28?,29+/m0/s1. The quantitative estimate of drug-likeness (QED) is 0.435. The molecule has 1 saturated heterocycles. The highest BCUT2D eigenvalue weighted by Crippen LogP contribution is 2.59. The third-order valence-electron chi connectivity index (χ3n) is 9.95. The maximum atomic E-state index is 14.0. The van der Waals surface area contributed by atoms with E-state index in [-0.39, 0.29) is 35.7 Å². The Labute approximate surface area is 229 Å². The monoisotopic (exact) mass is 536 g/mol. The highest BCUT2D eigenvalue weighted by Gasteiger charge is 2.70. The van der Waals surface area contributed by atoms with Crippen LogP contribution in [-0.4, -0.2) is 63.4 Å². The van der Waals surface area contributed by atoms with Crippen LogP contribution in [0, 0.1) is 17.3 Å². The minimum atomic E-state index is -0.814. The van der Waals surface area contributed by atoms with Crippen LogP contribution in [0.5, 0.6) is 0 Å². The first-order valence-electron chi connectivity index (χ1n) is 14.9. The number of nitrogens with zero attached hydrogens (tertiary/aromatic N) is 3. The number of ketones is 2. The molecule has 7 rings (SSSR count). The zero-order valence-electron chi connectivity index (χ0n) is 22.5. The molecule has 3 aliphatic heterocycles. The zero-order chi connectivity index (χ0) is 26.6. The lowest BCUT2D eigenvalue weighted by atomic mass is 9.69. The average molecular weight is 537 g/mol. The number of fused-ring (bicyclic) bond motifs is 1. The molecule has 1 spiro atoms. The number of allylic oxidation sites excluding steroid dienone is 2. The summed E-state index contributed by atoms with van der Waals surface area (Å²) in [6, 6.07) is -0.386. The number of hydrogen-bond donors (Lipinski definition) is 4. The topological polar surface area (TPSA) is 121 Å². The summed E-state index contributed by atoms with van der Waals surface area (Å²) in [5, 5.41) is 23.5. The van der Waals surface area contributed by atoms with Crippen LogP contribution >= 0.6 is 0 Å². The lowest BCUT2D eigenvalue weighted by Crippen LogP contribution is -2.44. The van der Waals surface area contributed by atoms with E-state index < -0.39 is 11.6 Å². The van der Waals surface area contributed by atoms with E-state index in [9.17, 15) is 14.7 Å². The molecule has 2 saturated carbocycles. The summed E-state index contributed by atoms with van der Waals surface area (Å²) in [7, 11) is 0. The number of carbonyl (C=O) groups is 2. The number of hydrogen-bond acceptors (Lipinski definition) is 9. The number of anilines is 1. The predicted molar refractivity (Wildman–Crippen MR) is 144 cm³/mol. The second kappa shape index (κ2) is 10.1. The normalized spacial score (nSPS) is 36.4. The molecule has 39 heavy (non-hydrogen) atoms. The largest absolute Gasteiger partial charge is 0.373 e. The first-order chi connectivity index (χ1) is 19.1. The van der Waals surface area contributed by atoms with Crippen LogP contribution in [0.1, 0.15) is 76.1 Å². The summed E-state index contributed by atoms with van der Waals surface area (Å²) < 4.78 is 7.81. The van der Waals surface area contributed by atoms with Crippen molar-refractivity contribution >= 4 is 17.3 Å². The Hall–Kier alpha value is -2.53. The maximum absolute atomic E-state index is 14.0. The number of Topliss-reactive ketones (excluding diaryl/α,β-unsaturated/α-hetero) is 2. The van der Waals surface area contributed by atoms with E-state index in [1.165, 1.54) is 17.7 Å². The third-order valence-corrected chi connectivity index (χ3v) is 9.95. The Morgan fingerprint density at radius 1 is 1.18 bits per heavy atom. The number of hydrazine groups is 1. The van der Waals surface area contributed by atoms with Gasteiger partial charge in [-0.25, -0.2) is 5.43 Å². The van der Waals surface area contributed by atoms with E-state index in [0.717, 1.165) is 70.9 Å². The number of carbonyl (C=O) groups excluding carboxylic acids is 2. The van der Waals surface area contributed by atoms with E-state index in [4.69, 9.17) is 4.74 Å². The Morgan fingerprint density at radius 3 is 2.90 bits per heavy atom. The first kappa shape index (κ1) is 25.4. The summed E-state index contributed by atoms with van der Waals surface area (Å²) in [6.45, 7) is 2.94. The van der Waals surface area contributed by atoms with Gasteiger partial charge in [0.15, 0.2) is 5.78 Å². The highest BCUT2D eigenvalue weighted by molar-refractivity contribution is 6.13. The number of aromatic nitrogens is 2. The maximum Gasteiger partial charge on any atom is 0.165 e. The minimum absolute atomic E-state index is 0.0351. The van der Waals surface area contributed by atoms with Crippen molar-refractivity contribution in [3.8, 4) is 0 Å². The Bertz CT molecular complexity index is 1200. The molecule has 3 fully saturated rings. The average Bonchev–Trinajstić information content (AvgIpc) is 3.39. The molecular formula is C29H40N6O4. The van der Waals surface area contributed by atoms with Crippen molar-refractivity contribution in [3.63, 3.8) is 0 Å². The number of aliphatic hydroxyl groups excluding tert-OH is 1. The van der Waals surface area contributed by atoms with Gasteiger partial charge in [-0.15, -0.1) is 0 Å². The molecule has 0 aromatic carbocycles. The van der Waals surface area contributed by atoms with Crippen LogP contribution in [0.15, 0.2) is 29.6 Å². The fraction of sp³-hybridized carbons (Fsp3) is 0.690. The molecule has 4 heterocycles. The second-order valence-electron chi connectivity index (χ2n) is 12.0. The molecule has 0 bridgehead atoms. The minimum Gasteiger partial charge on any atom is -0.373 e. The van der Waals surface area contributed by atoms with Gasteiger partial charge in [-0.1, -0.05) is 18.9 Å². The van der Waals surface area contributed by atoms with E-state index in [2.05, 4.69) is 38.3 Å². The van der Waals surface area contributed by atoms with Crippen LogP contribution in [0.4, 0.5) is 5.69 Å². The van der Waals surface area contributed by atoms with Gasteiger partial charge >= 0.3 is 0 Å². The molecule has 4 N–H and O–H groups in total. The van der Waals surface area contributed by atoms with Crippen molar-refractivity contribution in [2.45, 2.75) is 89.3 Å². The smallest absolute Gasteiger partial charge is 0.165 e. The van der Waals surface area contributed by atoms with Gasteiger partial charge in [0.05, 0.1) is 35.6 Å². The molecule has 3 aliphatic carbocycles. The van der Waals surface area contributed by atoms with Crippen LogP contribution in [0.3, 0.4) is 0 Å². The van der Waals surface area contributed by atoms with Gasteiger partial charge in [0.25, 0.3) is 0 Å². The third kappa shape index (κ3) is 4.27. The van der Waals surface area contributed by atoms with Gasteiger partial charge in [-0.05, 0) is 63.0 Å². The SMILES string of the molecule is O=C(C1CC=C(C2=CCNN2C2CCCCO2)CC1)[C@@H]1CCCC[C@@]12C(=O)C2Nc1cnn2c1C(O)NCC2. The fourth-order valence-corrected chi connectivity index (χ4v) is 7.83. The molecule has 6 aliphatic rings. The Kier molecular flexibility index (Phi) is 6.61. The summed E-state index contributed by atoms with van der Waals surface area (Å²) >= 11 is 0. The molecular weight excluding hydrogens is 496 g/mol. The summed E-state index contributed by atoms with van der Waals surface area (Å²) in [6.07, 6.45) is 14.7. The molecule has 210 valence electrons. The molecule has 1 aromatic rings. The molecule has 1 aromatic heterocycles. The van der Waals surface area contributed by atoms with E-state index >= 15 is 0 Å². The van der Waals surface area contributed by atoms with E-state index in [0.29, 0.717) is 24.5 Å². The van der Waals surface area contributed by atoms with Crippen molar-refractivity contribution in [1.29, 1.82) is 0 Å². The molecule has 0 radical (unpaired) electrons. The molecule has 0 amide bonds. The Balaban J connectivity index is 1.04. The summed E-state index contributed by atoms with van der Waals surface area (Å²) in [4.78, 5) is 27.4. The van der Waals surface area contributed by atoms with Gasteiger partial charge < -0.3 is 15.2 Å². The van der Waals surface area contributed by atoms with Crippen LogP contribution in [-0.2, 0) is 20.9 Å². The Morgan fingerprint density at radius 2 is 2.08 bits per heavy atom. The number of nitrogens with one attached hydrogen (secondary N) is 3. The zero-order valence-corrected chi connectivity index (χ0v) is 22.5. The number of ether oxygens (including phenoxy) is 1. The summed E-state index contributed by atoms with van der Waals surface area (Å²) in [5.74, 6) is 0.153. The van der Waals surface area contributed by atoms with Gasteiger partial charge in [-0.2, -0.15) is 5.10 Å². The molecule has 10 nitrogen and oxygen atoms in total. The van der Waals surface area contributed by atoms with Crippen molar-refractivity contribution < 1.29 is 19.4 Å². The number of aliphatic hydroxyl groups is 1. The first-order valence-corrected chi connectivity index (χ1v) is 14.9. The van der Waals surface area contributed by atoms with Crippen molar-refractivity contribution in [3.05, 3.63) is 35.3 Å². The fourth-order valence-electron chi connectivity index (χ4n) is 7.83. The van der Waals surface area contributed by atoms with Crippen LogP contribution < -0.4 is 16.1 Å². The van der Waals surface area contributed by atoms with E-state index in [1.807, 2.05) is 0 Å². The van der Waals surface area contributed by atoms with Crippen molar-refractivity contribution in [2.75, 3.05) is 25.0 Å². The van der Waals surface area contributed by atoms with Crippen molar-refractivity contribution in [1.82, 2.24) is 25.5 Å². The lowest BCUT2D eigenvalue weighted by molar-refractivity contribution is -0.133. The second-order valence-corrected chi connectivity index (χ2v) is 12.0. The number of rotatable bonds is 6. The van der Waals surface area contributed by atoms with E-state index in [1.54, 1.807) is 10.9 Å². The summed E-state index contributed by atoms with van der Waals surface area (Å²) in [5.41, 5.74) is 6.73. The molecule has 6 atom stereocenters. The lowest BCUT2D eigenvalue weighted by Gasteiger charge is -2.36. The molecule has 4 unspecified atom stereocenters. The predicted octanol–water partition coefficient (Wildman–Crippen LogP) is 2.54.